The molecule has 2 aromatic carbocycles. The van der Waals surface area contributed by atoms with Gasteiger partial charge in [-0.05, 0) is 49.7 Å². The van der Waals surface area contributed by atoms with E-state index in [1.807, 2.05) is 24.3 Å². The molecule has 0 aliphatic heterocycles. The Morgan fingerprint density at radius 1 is 1.14 bits per heavy atom. The zero-order valence-electron chi connectivity index (χ0n) is 16.4. The van der Waals surface area contributed by atoms with Gasteiger partial charge in [0.05, 0.1) is 5.56 Å². The largest absolute Gasteiger partial charge is 0.573 e. The standard InChI is InChI=1S/C20H20ClF3N2O.CH5N/c1-26(13-19(11-4-12-19)14-7-9-15(21)10-8-14)18(25)16-5-2-3-6-17(16)27-20(22,23)24;1-2/h2-3,5-10,25H,4,11-13H2,1H3;2H2,1H3. The van der Waals surface area contributed by atoms with Crippen molar-refractivity contribution in [3.63, 3.8) is 0 Å². The van der Waals surface area contributed by atoms with Crippen LogP contribution in [0.5, 0.6) is 5.75 Å². The smallest absolute Gasteiger partial charge is 0.405 e. The summed E-state index contributed by atoms with van der Waals surface area (Å²) in [6.45, 7) is 0.536. The maximum Gasteiger partial charge on any atom is 0.573 e. The van der Waals surface area contributed by atoms with Gasteiger partial charge in [-0.3, -0.25) is 5.41 Å². The van der Waals surface area contributed by atoms with Gasteiger partial charge in [-0.2, -0.15) is 0 Å². The van der Waals surface area contributed by atoms with Crippen molar-refractivity contribution in [1.82, 2.24) is 4.90 Å². The van der Waals surface area contributed by atoms with Gasteiger partial charge in [-0.15, -0.1) is 13.2 Å². The molecule has 0 atom stereocenters. The van der Waals surface area contributed by atoms with Gasteiger partial charge in [0, 0.05) is 24.0 Å². The molecule has 29 heavy (non-hydrogen) atoms. The number of benzene rings is 2. The van der Waals surface area contributed by atoms with E-state index in [9.17, 15) is 13.2 Å². The second-order valence-corrected chi connectivity index (χ2v) is 7.33. The van der Waals surface area contributed by atoms with Crippen LogP contribution in [0.1, 0.15) is 30.4 Å². The molecule has 3 N–H and O–H groups in total. The van der Waals surface area contributed by atoms with Gasteiger partial charge in [0.15, 0.2) is 0 Å². The summed E-state index contributed by atoms with van der Waals surface area (Å²) in [4.78, 5) is 1.69. The lowest BCUT2D eigenvalue weighted by Crippen LogP contribution is -2.46. The lowest BCUT2D eigenvalue weighted by molar-refractivity contribution is -0.274. The van der Waals surface area contributed by atoms with Crippen molar-refractivity contribution < 1.29 is 17.9 Å². The monoisotopic (exact) mass is 427 g/mol. The van der Waals surface area contributed by atoms with Gasteiger partial charge in [0.1, 0.15) is 11.6 Å². The lowest BCUT2D eigenvalue weighted by atomic mass is 9.64. The lowest BCUT2D eigenvalue weighted by Gasteiger charge is -2.45. The molecule has 0 radical (unpaired) electrons. The fourth-order valence-electron chi connectivity index (χ4n) is 3.56. The Balaban J connectivity index is 0.00000145. The van der Waals surface area contributed by atoms with Gasteiger partial charge < -0.3 is 15.4 Å². The van der Waals surface area contributed by atoms with Crippen LogP contribution in [0.3, 0.4) is 0 Å². The van der Waals surface area contributed by atoms with Gasteiger partial charge >= 0.3 is 6.36 Å². The Hall–Kier alpha value is -2.25. The molecule has 0 bridgehead atoms. The second kappa shape index (κ2) is 9.50. The fourth-order valence-corrected chi connectivity index (χ4v) is 3.69. The van der Waals surface area contributed by atoms with Crippen molar-refractivity contribution in [2.45, 2.75) is 31.0 Å². The van der Waals surface area contributed by atoms with Crippen molar-refractivity contribution in [2.24, 2.45) is 5.73 Å². The topological polar surface area (TPSA) is 62.3 Å². The fraction of sp³-hybridized carbons (Fsp3) is 0.381. The Kier molecular flexibility index (Phi) is 7.54. The Morgan fingerprint density at radius 2 is 1.72 bits per heavy atom. The van der Waals surface area contributed by atoms with E-state index in [0.717, 1.165) is 24.8 Å². The van der Waals surface area contributed by atoms with E-state index < -0.39 is 6.36 Å². The van der Waals surface area contributed by atoms with E-state index in [4.69, 9.17) is 17.0 Å². The van der Waals surface area contributed by atoms with Crippen molar-refractivity contribution in [2.75, 3.05) is 20.6 Å². The van der Waals surface area contributed by atoms with Crippen molar-refractivity contribution in [3.05, 3.63) is 64.7 Å². The minimum atomic E-state index is -4.80. The van der Waals surface area contributed by atoms with Crippen LogP contribution in [-0.2, 0) is 5.41 Å². The maximum atomic E-state index is 12.7. The minimum absolute atomic E-state index is 0.00455. The van der Waals surface area contributed by atoms with E-state index >= 15 is 0 Å². The highest BCUT2D eigenvalue weighted by Gasteiger charge is 2.40. The zero-order chi connectivity index (χ0) is 21.7. The molecule has 0 amide bonds. The summed E-state index contributed by atoms with van der Waals surface area (Å²) >= 11 is 5.98. The summed E-state index contributed by atoms with van der Waals surface area (Å²) < 4.78 is 42.1. The van der Waals surface area contributed by atoms with Crippen LogP contribution in [0.4, 0.5) is 13.2 Å². The molecule has 1 saturated carbocycles. The first-order valence-corrected chi connectivity index (χ1v) is 9.57. The van der Waals surface area contributed by atoms with Crippen LogP contribution in [0.15, 0.2) is 48.5 Å². The molecule has 4 nitrogen and oxygen atoms in total. The Bertz CT molecular complexity index is 821. The number of ether oxygens (including phenoxy) is 1. The first kappa shape index (κ1) is 23.0. The van der Waals surface area contributed by atoms with Crippen molar-refractivity contribution in [1.29, 1.82) is 5.41 Å². The third-order valence-electron chi connectivity index (χ3n) is 5.06. The average Bonchev–Trinajstić information content (AvgIpc) is 2.65. The number of alkyl halides is 3. The summed E-state index contributed by atoms with van der Waals surface area (Å²) in [6.07, 6.45) is -1.79. The summed E-state index contributed by atoms with van der Waals surface area (Å²) in [5.41, 5.74) is 5.63. The van der Waals surface area contributed by atoms with Crippen LogP contribution in [0, 0.1) is 5.41 Å². The molecule has 8 heteroatoms. The molecular weight excluding hydrogens is 403 g/mol. The van der Waals surface area contributed by atoms with Gasteiger partial charge in [-0.25, -0.2) is 0 Å². The first-order valence-electron chi connectivity index (χ1n) is 9.19. The first-order chi connectivity index (χ1) is 13.7. The molecule has 0 aromatic heterocycles. The summed E-state index contributed by atoms with van der Waals surface area (Å²) in [7, 11) is 3.22. The third kappa shape index (κ3) is 5.64. The summed E-state index contributed by atoms with van der Waals surface area (Å²) in [5.74, 6) is -0.369. The predicted molar refractivity (Wildman–Crippen MR) is 110 cm³/mol. The molecule has 1 aliphatic rings. The average molecular weight is 428 g/mol. The number of para-hydroxylation sites is 1. The molecule has 158 valence electrons. The normalized spacial score (nSPS) is 14.9. The van der Waals surface area contributed by atoms with Crippen LogP contribution < -0.4 is 10.5 Å². The summed E-state index contributed by atoms with van der Waals surface area (Å²) in [5, 5.41) is 9.08. The molecule has 0 spiro atoms. The van der Waals surface area contributed by atoms with Crippen LogP contribution in [0.25, 0.3) is 0 Å². The number of nitrogens with zero attached hydrogens (tertiary/aromatic N) is 1. The van der Waals surface area contributed by atoms with E-state index in [-0.39, 0.29) is 22.6 Å². The SMILES string of the molecule is CN.CN(CC1(c2ccc(Cl)cc2)CCC1)C(=N)c1ccccc1OC(F)(F)F. The number of rotatable bonds is 5. The number of nitrogens with one attached hydrogen (secondary N) is 1. The molecule has 1 aliphatic carbocycles. The summed E-state index contributed by atoms with van der Waals surface area (Å²) in [6, 6.07) is 13.4. The number of amidine groups is 1. The van der Waals surface area contributed by atoms with E-state index in [1.54, 1.807) is 18.0 Å². The number of hydrogen-bond acceptors (Lipinski definition) is 3. The predicted octanol–water partition coefficient (Wildman–Crippen LogP) is 5.19. The number of likely N-dealkylation sites (N-methyl/N-ethyl adjacent to an activating group) is 1. The van der Waals surface area contributed by atoms with Crippen molar-refractivity contribution in [3.8, 4) is 5.75 Å². The van der Waals surface area contributed by atoms with Gasteiger partial charge in [-0.1, -0.05) is 42.3 Å². The Labute approximate surface area is 173 Å². The van der Waals surface area contributed by atoms with Gasteiger partial charge in [0.25, 0.3) is 0 Å². The highest BCUT2D eigenvalue weighted by Crippen LogP contribution is 2.44. The van der Waals surface area contributed by atoms with Crippen LogP contribution in [-0.4, -0.2) is 37.7 Å². The highest BCUT2D eigenvalue weighted by molar-refractivity contribution is 6.30. The van der Waals surface area contributed by atoms with Gasteiger partial charge in [0.2, 0.25) is 0 Å². The molecule has 1 fully saturated rings. The Morgan fingerprint density at radius 3 is 2.24 bits per heavy atom. The molecule has 3 rings (SSSR count). The quantitative estimate of drug-likeness (QED) is 0.509. The van der Waals surface area contributed by atoms with Crippen LogP contribution >= 0.6 is 11.6 Å². The number of hydrogen-bond donors (Lipinski definition) is 2. The molecule has 0 heterocycles. The molecular formula is C21H25ClF3N3O. The third-order valence-corrected chi connectivity index (χ3v) is 5.31. The minimum Gasteiger partial charge on any atom is -0.405 e. The maximum absolute atomic E-state index is 12.7. The van der Waals surface area contributed by atoms with Crippen molar-refractivity contribution >= 4 is 17.4 Å². The van der Waals surface area contributed by atoms with E-state index in [2.05, 4.69) is 10.5 Å². The number of nitrogens with two attached hydrogens (primary N) is 1. The number of halogens is 4. The van der Waals surface area contributed by atoms with E-state index in [1.165, 1.54) is 25.2 Å². The zero-order valence-corrected chi connectivity index (χ0v) is 17.1. The molecule has 0 saturated heterocycles. The molecule has 2 aromatic rings. The molecule has 0 unspecified atom stereocenters. The van der Waals surface area contributed by atoms with Crippen LogP contribution in [0.2, 0.25) is 5.02 Å². The highest BCUT2D eigenvalue weighted by atomic mass is 35.5. The van der Waals surface area contributed by atoms with E-state index in [0.29, 0.717) is 11.6 Å². The second-order valence-electron chi connectivity index (χ2n) is 6.89.